The highest BCUT2D eigenvalue weighted by Crippen LogP contribution is 2.23. The zero-order chi connectivity index (χ0) is 22.8. The van der Waals surface area contributed by atoms with E-state index in [1.807, 2.05) is 32.0 Å². The van der Waals surface area contributed by atoms with Gasteiger partial charge in [0.05, 0.1) is 12.2 Å². The summed E-state index contributed by atoms with van der Waals surface area (Å²) < 4.78 is 11.9. The third kappa shape index (κ3) is 8.18. The fraction of sp³-hybridized carbons (Fsp3) is 0.318. The number of hydrogen-bond acceptors (Lipinski definition) is 5. The lowest BCUT2D eigenvalue weighted by Crippen LogP contribution is -2.49. The Bertz CT molecular complexity index is 952. The van der Waals surface area contributed by atoms with Crippen LogP contribution in [0.3, 0.4) is 0 Å². The first-order chi connectivity index (χ1) is 14.8. The molecule has 31 heavy (non-hydrogen) atoms. The van der Waals surface area contributed by atoms with E-state index in [9.17, 15) is 9.59 Å². The Morgan fingerprint density at radius 1 is 1.03 bits per heavy atom. The Morgan fingerprint density at radius 3 is 2.48 bits per heavy atom. The normalized spacial score (nSPS) is 10.2. The number of hydrogen-bond donors (Lipinski definition) is 3. The third-order valence-electron chi connectivity index (χ3n) is 4.17. The number of thiocarbonyl (C=S) groups is 1. The zero-order valence-corrected chi connectivity index (χ0v) is 20.1. The molecule has 2 aromatic carbocycles. The van der Waals surface area contributed by atoms with Crippen molar-refractivity contribution in [3.8, 4) is 11.5 Å². The first-order valence-corrected chi connectivity index (χ1v) is 11.0. The van der Waals surface area contributed by atoms with Crippen molar-refractivity contribution in [3.63, 3.8) is 0 Å². The predicted octanol–water partition coefficient (Wildman–Crippen LogP) is 3.96. The fourth-order valence-corrected chi connectivity index (χ4v) is 3.11. The highest BCUT2D eigenvalue weighted by molar-refractivity contribution is 9.10. The number of nitrogens with one attached hydrogen (secondary N) is 3. The van der Waals surface area contributed by atoms with Crippen molar-refractivity contribution in [2.75, 3.05) is 13.2 Å². The van der Waals surface area contributed by atoms with Gasteiger partial charge >= 0.3 is 0 Å². The molecule has 0 saturated heterocycles. The SMILES string of the molecule is CCCCOc1ccc(Br)cc1C(=O)NC(=S)NNC(=O)COc1ccc(C)cc1C. The molecule has 0 bridgehead atoms. The van der Waals surface area contributed by atoms with Crippen LogP contribution in [-0.4, -0.2) is 30.1 Å². The van der Waals surface area contributed by atoms with Gasteiger partial charge in [-0.1, -0.05) is 47.0 Å². The first-order valence-electron chi connectivity index (χ1n) is 9.82. The Hall–Kier alpha value is -2.65. The van der Waals surface area contributed by atoms with E-state index in [0.717, 1.165) is 28.4 Å². The molecule has 0 aliphatic carbocycles. The van der Waals surface area contributed by atoms with Crippen LogP contribution in [0.25, 0.3) is 0 Å². The van der Waals surface area contributed by atoms with E-state index in [1.54, 1.807) is 18.2 Å². The maximum atomic E-state index is 12.6. The molecule has 9 heteroatoms. The van der Waals surface area contributed by atoms with Gasteiger partial charge in [-0.05, 0) is 62.3 Å². The van der Waals surface area contributed by atoms with Gasteiger partial charge in [-0.15, -0.1) is 0 Å². The molecule has 0 heterocycles. The van der Waals surface area contributed by atoms with E-state index < -0.39 is 11.8 Å². The number of amides is 2. The quantitative estimate of drug-likeness (QED) is 0.284. The summed E-state index contributed by atoms with van der Waals surface area (Å²) in [5, 5.41) is 2.47. The highest BCUT2D eigenvalue weighted by Gasteiger charge is 2.15. The van der Waals surface area contributed by atoms with Crippen molar-refractivity contribution < 1.29 is 19.1 Å². The largest absolute Gasteiger partial charge is 0.493 e. The minimum Gasteiger partial charge on any atom is -0.493 e. The van der Waals surface area contributed by atoms with E-state index >= 15 is 0 Å². The molecule has 0 aliphatic rings. The molecule has 0 fully saturated rings. The van der Waals surface area contributed by atoms with Crippen LogP contribution in [0.5, 0.6) is 11.5 Å². The van der Waals surface area contributed by atoms with Crippen molar-refractivity contribution in [2.24, 2.45) is 0 Å². The predicted molar refractivity (Wildman–Crippen MR) is 127 cm³/mol. The van der Waals surface area contributed by atoms with Gasteiger partial charge < -0.3 is 9.47 Å². The Labute approximate surface area is 196 Å². The minimum absolute atomic E-state index is 0.0515. The minimum atomic E-state index is -0.453. The molecule has 0 unspecified atom stereocenters. The first kappa shape index (κ1) is 24.6. The number of carbonyl (C=O) groups is 2. The molecule has 2 rings (SSSR count). The van der Waals surface area contributed by atoms with Crippen LogP contribution < -0.4 is 25.6 Å². The zero-order valence-electron chi connectivity index (χ0n) is 17.7. The van der Waals surface area contributed by atoms with Crippen LogP contribution in [0.4, 0.5) is 0 Å². The van der Waals surface area contributed by atoms with Gasteiger partial charge in [-0.2, -0.15) is 0 Å². The van der Waals surface area contributed by atoms with Crippen LogP contribution in [0, 0.1) is 13.8 Å². The molecule has 0 saturated carbocycles. The van der Waals surface area contributed by atoms with E-state index in [2.05, 4.69) is 39.0 Å². The molecule has 0 atom stereocenters. The van der Waals surface area contributed by atoms with E-state index in [1.165, 1.54) is 0 Å². The summed E-state index contributed by atoms with van der Waals surface area (Å²) in [5.74, 6) is 0.193. The molecule has 2 aromatic rings. The topological polar surface area (TPSA) is 88.7 Å². The molecule has 0 aliphatic heterocycles. The molecule has 7 nitrogen and oxygen atoms in total. The van der Waals surface area contributed by atoms with Crippen LogP contribution in [0.2, 0.25) is 0 Å². The van der Waals surface area contributed by atoms with Gasteiger partial charge in [0, 0.05) is 4.47 Å². The number of carbonyl (C=O) groups excluding carboxylic acids is 2. The van der Waals surface area contributed by atoms with Crippen molar-refractivity contribution in [1.82, 2.24) is 16.2 Å². The second-order valence-electron chi connectivity index (χ2n) is 6.86. The summed E-state index contributed by atoms with van der Waals surface area (Å²) >= 11 is 8.45. The molecule has 0 spiro atoms. The average Bonchev–Trinajstić information content (AvgIpc) is 2.72. The van der Waals surface area contributed by atoms with Crippen molar-refractivity contribution in [3.05, 3.63) is 57.6 Å². The lowest BCUT2D eigenvalue weighted by molar-refractivity contribution is -0.123. The molecule has 0 aromatic heterocycles. The van der Waals surface area contributed by atoms with Gasteiger partial charge in [0.1, 0.15) is 11.5 Å². The second-order valence-corrected chi connectivity index (χ2v) is 8.18. The lowest BCUT2D eigenvalue weighted by atomic mass is 10.1. The number of ether oxygens (including phenoxy) is 2. The number of aryl methyl sites for hydroxylation is 2. The van der Waals surface area contributed by atoms with Crippen LogP contribution in [-0.2, 0) is 4.79 Å². The third-order valence-corrected chi connectivity index (χ3v) is 4.87. The van der Waals surface area contributed by atoms with Crippen LogP contribution in [0.1, 0.15) is 41.3 Å². The van der Waals surface area contributed by atoms with Crippen LogP contribution in [0.15, 0.2) is 40.9 Å². The summed E-state index contributed by atoms with van der Waals surface area (Å²) in [5.41, 5.74) is 7.28. The molecule has 0 radical (unpaired) electrons. The van der Waals surface area contributed by atoms with Gasteiger partial charge in [0.25, 0.3) is 11.8 Å². The van der Waals surface area contributed by atoms with Gasteiger partial charge in [-0.3, -0.25) is 25.8 Å². The van der Waals surface area contributed by atoms with Crippen LogP contribution >= 0.6 is 28.1 Å². The Morgan fingerprint density at radius 2 is 1.77 bits per heavy atom. The van der Waals surface area contributed by atoms with Crippen molar-refractivity contribution in [1.29, 1.82) is 0 Å². The molecule has 166 valence electrons. The summed E-state index contributed by atoms with van der Waals surface area (Å²) in [6.45, 7) is 6.26. The monoisotopic (exact) mass is 507 g/mol. The molecular weight excluding hydrogens is 482 g/mol. The summed E-state index contributed by atoms with van der Waals surface area (Å²) in [6, 6.07) is 10.9. The smallest absolute Gasteiger partial charge is 0.276 e. The number of unbranched alkanes of at least 4 members (excludes halogenated alkanes) is 1. The maximum Gasteiger partial charge on any atom is 0.276 e. The Balaban J connectivity index is 1.84. The number of hydrazine groups is 1. The summed E-state index contributed by atoms with van der Waals surface area (Å²) in [4.78, 5) is 24.6. The van der Waals surface area contributed by atoms with Crippen molar-refractivity contribution in [2.45, 2.75) is 33.6 Å². The van der Waals surface area contributed by atoms with Gasteiger partial charge in [0.15, 0.2) is 11.7 Å². The number of benzene rings is 2. The Kier molecular flexibility index (Phi) is 9.74. The summed E-state index contributed by atoms with van der Waals surface area (Å²) in [7, 11) is 0. The fourth-order valence-electron chi connectivity index (χ4n) is 2.60. The second kappa shape index (κ2) is 12.3. The maximum absolute atomic E-state index is 12.6. The molecular formula is C22H26BrN3O4S. The molecule has 3 N–H and O–H groups in total. The van der Waals surface area contributed by atoms with Gasteiger partial charge in [-0.25, -0.2) is 0 Å². The average molecular weight is 508 g/mol. The molecule has 2 amide bonds. The number of halogens is 1. The van der Waals surface area contributed by atoms with Gasteiger partial charge in [0.2, 0.25) is 0 Å². The van der Waals surface area contributed by atoms with E-state index in [4.69, 9.17) is 21.7 Å². The highest BCUT2D eigenvalue weighted by atomic mass is 79.9. The number of rotatable bonds is 8. The van der Waals surface area contributed by atoms with E-state index in [0.29, 0.717) is 23.7 Å². The summed E-state index contributed by atoms with van der Waals surface area (Å²) in [6.07, 6.45) is 1.87. The van der Waals surface area contributed by atoms with Crippen molar-refractivity contribution >= 4 is 45.1 Å². The van der Waals surface area contributed by atoms with E-state index in [-0.39, 0.29) is 11.7 Å². The standard InChI is InChI=1S/C22H26BrN3O4S/c1-4-5-10-29-19-9-7-16(23)12-17(19)21(28)24-22(31)26-25-20(27)13-30-18-8-6-14(2)11-15(18)3/h6-9,11-12H,4-5,10,13H2,1-3H3,(H,25,27)(H2,24,26,28,31). The lowest BCUT2D eigenvalue weighted by Gasteiger charge is -2.14.